The number of anilines is 1. The van der Waals surface area contributed by atoms with Crippen molar-refractivity contribution in [2.75, 3.05) is 16.8 Å². The monoisotopic (exact) mass is 296 g/mol. The molecule has 0 saturated heterocycles. The topological polar surface area (TPSA) is 16.1 Å². The summed E-state index contributed by atoms with van der Waals surface area (Å²) in [4.78, 5) is 2.51. The molecule has 1 aliphatic rings. The van der Waals surface area contributed by atoms with Crippen LogP contribution in [-0.2, 0) is 0 Å². The van der Waals surface area contributed by atoms with Gasteiger partial charge in [-0.3, -0.25) is 0 Å². The van der Waals surface area contributed by atoms with E-state index < -0.39 is 0 Å². The molecule has 0 amide bonds. The molecule has 0 N–H and O–H groups in total. The number of hydrogen-bond donors (Lipinski definition) is 0. The Hall–Kier alpha value is -0.610. The second-order valence-electron chi connectivity index (χ2n) is 4.12. The highest BCUT2D eigenvalue weighted by Crippen LogP contribution is 2.38. The first-order valence-electron chi connectivity index (χ1n) is 5.57. The molecule has 0 atom stereocenters. The van der Waals surface area contributed by atoms with Gasteiger partial charge in [0.2, 0.25) is 0 Å². The predicted molar refractivity (Wildman–Crippen MR) is 73.8 cm³/mol. The summed E-state index contributed by atoms with van der Waals surface area (Å²) < 4.78 is 4.52. The van der Waals surface area contributed by atoms with Gasteiger partial charge in [0.1, 0.15) is 5.00 Å². The minimum Gasteiger partial charge on any atom is -0.358 e. The van der Waals surface area contributed by atoms with E-state index in [1.807, 2.05) is 0 Å². The summed E-state index contributed by atoms with van der Waals surface area (Å²) >= 11 is 5.17. The standard InChI is InChI=1S/C12H13BrN2S/c13-7-8-15(9-5-6-9)12-10-3-1-2-4-11(10)14-16-12/h1-4,9H,5-8H2. The summed E-state index contributed by atoms with van der Waals surface area (Å²) in [7, 11) is 0. The molecule has 4 heteroatoms. The Balaban J connectivity index is 2.02. The van der Waals surface area contributed by atoms with Crippen LogP contribution >= 0.6 is 27.5 Å². The van der Waals surface area contributed by atoms with E-state index in [1.54, 1.807) is 11.5 Å². The van der Waals surface area contributed by atoms with E-state index >= 15 is 0 Å². The molecule has 1 saturated carbocycles. The maximum Gasteiger partial charge on any atom is 0.120 e. The zero-order chi connectivity index (χ0) is 11.0. The van der Waals surface area contributed by atoms with Crippen LogP contribution in [0.2, 0.25) is 0 Å². The van der Waals surface area contributed by atoms with Gasteiger partial charge in [-0.05, 0) is 36.5 Å². The second-order valence-corrected chi connectivity index (χ2v) is 5.66. The zero-order valence-corrected chi connectivity index (χ0v) is 11.3. The van der Waals surface area contributed by atoms with Crippen LogP contribution in [0.25, 0.3) is 10.9 Å². The van der Waals surface area contributed by atoms with E-state index in [4.69, 9.17) is 0 Å². The second kappa shape index (κ2) is 4.34. The van der Waals surface area contributed by atoms with Crippen molar-refractivity contribution in [3.63, 3.8) is 0 Å². The lowest BCUT2D eigenvalue weighted by molar-refractivity contribution is 0.847. The van der Waals surface area contributed by atoms with Gasteiger partial charge in [-0.2, -0.15) is 4.37 Å². The van der Waals surface area contributed by atoms with E-state index in [0.717, 1.165) is 23.4 Å². The Morgan fingerprint density at radius 3 is 2.94 bits per heavy atom. The van der Waals surface area contributed by atoms with Crippen LogP contribution in [0.15, 0.2) is 24.3 Å². The van der Waals surface area contributed by atoms with E-state index in [0.29, 0.717) is 0 Å². The quantitative estimate of drug-likeness (QED) is 0.801. The Morgan fingerprint density at radius 2 is 2.19 bits per heavy atom. The van der Waals surface area contributed by atoms with Gasteiger partial charge in [0.05, 0.1) is 5.52 Å². The third-order valence-electron chi connectivity index (χ3n) is 2.94. The third kappa shape index (κ3) is 1.84. The van der Waals surface area contributed by atoms with E-state index in [2.05, 4.69) is 49.5 Å². The average Bonchev–Trinajstić information content (AvgIpc) is 3.06. The Kier molecular flexibility index (Phi) is 2.86. The van der Waals surface area contributed by atoms with Crippen LogP contribution in [0.5, 0.6) is 0 Å². The third-order valence-corrected chi connectivity index (χ3v) is 4.21. The molecule has 1 fully saturated rings. The maximum atomic E-state index is 4.52. The van der Waals surface area contributed by atoms with Crippen molar-refractivity contribution in [3.8, 4) is 0 Å². The fourth-order valence-corrected chi connectivity index (χ4v) is 3.35. The molecule has 1 aromatic heterocycles. The van der Waals surface area contributed by atoms with Gasteiger partial charge >= 0.3 is 0 Å². The Labute approximate surface area is 108 Å². The first-order valence-corrected chi connectivity index (χ1v) is 7.46. The van der Waals surface area contributed by atoms with Gasteiger partial charge in [0.25, 0.3) is 0 Å². The van der Waals surface area contributed by atoms with Gasteiger partial charge in [-0.15, -0.1) is 0 Å². The van der Waals surface area contributed by atoms with Crippen molar-refractivity contribution in [3.05, 3.63) is 24.3 Å². The first-order chi connectivity index (χ1) is 7.90. The SMILES string of the molecule is BrCCN(c1snc2ccccc12)C1CC1. The number of fused-ring (bicyclic) bond motifs is 1. The van der Waals surface area contributed by atoms with Crippen molar-refractivity contribution in [2.45, 2.75) is 18.9 Å². The number of halogens is 1. The molecule has 0 aliphatic heterocycles. The first kappa shape index (κ1) is 10.5. The summed E-state index contributed by atoms with van der Waals surface area (Å²) in [6.07, 6.45) is 2.67. The fourth-order valence-electron chi connectivity index (χ4n) is 2.01. The normalized spacial score (nSPS) is 15.6. The largest absolute Gasteiger partial charge is 0.358 e. The summed E-state index contributed by atoms with van der Waals surface area (Å²) in [5.74, 6) is 0. The summed E-state index contributed by atoms with van der Waals surface area (Å²) in [6, 6.07) is 9.17. The molecule has 84 valence electrons. The molecule has 2 nitrogen and oxygen atoms in total. The Morgan fingerprint density at radius 1 is 1.38 bits per heavy atom. The molecular weight excluding hydrogens is 284 g/mol. The summed E-state index contributed by atoms with van der Waals surface area (Å²) in [5.41, 5.74) is 1.13. The van der Waals surface area contributed by atoms with Gasteiger partial charge in [0.15, 0.2) is 0 Å². The van der Waals surface area contributed by atoms with Crippen LogP contribution < -0.4 is 4.90 Å². The zero-order valence-electron chi connectivity index (χ0n) is 8.90. The molecule has 2 aromatic rings. The number of rotatable bonds is 4. The van der Waals surface area contributed by atoms with Crippen molar-refractivity contribution in [1.82, 2.24) is 4.37 Å². The van der Waals surface area contributed by atoms with Gasteiger partial charge < -0.3 is 4.90 Å². The van der Waals surface area contributed by atoms with Crippen molar-refractivity contribution in [2.24, 2.45) is 0 Å². The summed E-state index contributed by atoms with van der Waals surface area (Å²) in [5, 5.41) is 3.67. The molecule has 1 heterocycles. The van der Waals surface area contributed by atoms with Crippen molar-refractivity contribution >= 4 is 43.4 Å². The average molecular weight is 297 g/mol. The molecule has 0 unspecified atom stereocenters. The molecule has 1 aliphatic carbocycles. The van der Waals surface area contributed by atoms with Crippen LogP contribution in [-0.4, -0.2) is 22.3 Å². The summed E-state index contributed by atoms with van der Waals surface area (Å²) in [6.45, 7) is 1.08. The smallest absolute Gasteiger partial charge is 0.120 e. The van der Waals surface area contributed by atoms with E-state index in [-0.39, 0.29) is 0 Å². The lowest BCUT2D eigenvalue weighted by Gasteiger charge is -2.21. The highest BCUT2D eigenvalue weighted by molar-refractivity contribution is 9.09. The number of hydrogen-bond acceptors (Lipinski definition) is 3. The number of nitrogens with zero attached hydrogens (tertiary/aromatic N) is 2. The minimum atomic E-state index is 0.751. The lowest BCUT2D eigenvalue weighted by atomic mass is 10.2. The number of alkyl halides is 1. The van der Waals surface area contributed by atoms with Crippen LogP contribution in [0.3, 0.4) is 0 Å². The molecular formula is C12H13BrN2S. The van der Waals surface area contributed by atoms with Crippen LogP contribution in [0.4, 0.5) is 5.00 Å². The fraction of sp³-hybridized carbons (Fsp3) is 0.417. The van der Waals surface area contributed by atoms with Crippen molar-refractivity contribution < 1.29 is 0 Å². The lowest BCUT2D eigenvalue weighted by Crippen LogP contribution is -2.26. The molecule has 3 rings (SSSR count). The van der Waals surface area contributed by atoms with Crippen LogP contribution in [0.1, 0.15) is 12.8 Å². The Bertz CT molecular complexity index is 492. The maximum absolute atomic E-state index is 4.52. The van der Waals surface area contributed by atoms with Crippen molar-refractivity contribution in [1.29, 1.82) is 0 Å². The molecule has 0 radical (unpaired) electrons. The van der Waals surface area contributed by atoms with Gasteiger partial charge in [-0.1, -0.05) is 28.1 Å². The molecule has 0 bridgehead atoms. The number of aromatic nitrogens is 1. The molecule has 0 spiro atoms. The highest BCUT2D eigenvalue weighted by atomic mass is 79.9. The van der Waals surface area contributed by atoms with E-state index in [1.165, 1.54) is 23.2 Å². The van der Waals surface area contributed by atoms with Gasteiger partial charge in [0, 0.05) is 23.3 Å². The predicted octanol–water partition coefficient (Wildman–Crippen LogP) is 3.66. The highest BCUT2D eigenvalue weighted by Gasteiger charge is 2.30. The van der Waals surface area contributed by atoms with Gasteiger partial charge in [-0.25, -0.2) is 0 Å². The van der Waals surface area contributed by atoms with E-state index in [9.17, 15) is 0 Å². The molecule has 1 aromatic carbocycles. The molecule has 16 heavy (non-hydrogen) atoms. The van der Waals surface area contributed by atoms with Crippen LogP contribution in [0, 0.1) is 0 Å². The number of benzene rings is 1. The minimum absolute atomic E-state index is 0.751.